The van der Waals surface area contributed by atoms with Crippen molar-refractivity contribution in [1.29, 1.82) is 0 Å². The zero-order valence-electron chi connectivity index (χ0n) is 11.2. The van der Waals surface area contributed by atoms with Gasteiger partial charge in [-0.2, -0.15) is 0 Å². The Morgan fingerprint density at radius 3 is 2.95 bits per heavy atom. The van der Waals surface area contributed by atoms with Gasteiger partial charge < -0.3 is 9.88 Å². The fourth-order valence-corrected chi connectivity index (χ4v) is 1.95. The zero-order chi connectivity index (χ0) is 13.7. The molecule has 0 saturated carbocycles. The van der Waals surface area contributed by atoms with E-state index in [1.807, 2.05) is 42.9 Å². The van der Waals surface area contributed by atoms with Crippen LogP contribution in [0.3, 0.4) is 0 Å². The number of nitrogens with zero attached hydrogens (tertiary/aromatic N) is 3. The molecule has 0 radical (unpaired) electrons. The lowest BCUT2D eigenvalue weighted by Crippen LogP contribution is -2.32. The van der Waals surface area contributed by atoms with Gasteiger partial charge in [0, 0.05) is 31.3 Å². The molecule has 0 unspecified atom stereocenters. The van der Waals surface area contributed by atoms with Gasteiger partial charge in [0.2, 0.25) is 5.91 Å². The Labute approximate surface area is 112 Å². The van der Waals surface area contributed by atoms with Gasteiger partial charge in [0.05, 0.1) is 0 Å². The molecule has 1 atom stereocenters. The number of pyridine rings is 1. The van der Waals surface area contributed by atoms with E-state index in [0.717, 1.165) is 17.8 Å². The molecule has 0 fully saturated rings. The quantitative estimate of drug-likeness (QED) is 0.884. The predicted octanol–water partition coefficient (Wildman–Crippen LogP) is 1.51. The van der Waals surface area contributed by atoms with Crippen molar-refractivity contribution in [2.45, 2.75) is 26.3 Å². The average Bonchev–Trinajstić information content (AvgIpc) is 2.85. The minimum atomic E-state index is -0.239. The summed E-state index contributed by atoms with van der Waals surface area (Å²) in [5.74, 6) is 0.847. The van der Waals surface area contributed by atoms with E-state index in [1.165, 1.54) is 0 Å². The van der Waals surface area contributed by atoms with Crippen LogP contribution in [0.15, 0.2) is 36.9 Å². The first-order chi connectivity index (χ1) is 9.18. The van der Waals surface area contributed by atoms with Crippen LogP contribution < -0.4 is 5.32 Å². The van der Waals surface area contributed by atoms with E-state index in [-0.39, 0.29) is 11.9 Å². The first-order valence-electron chi connectivity index (χ1n) is 6.34. The van der Waals surface area contributed by atoms with Gasteiger partial charge in [-0.15, -0.1) is 0 Å². The van der Waals surface area contributed by atoms with Gasteiger partial charge in [-0.05, 0) is 31.9 Å². The third-order valence-corrected chi connectivity index (χ3v) is 3.09. The lowest BCUT2D eigenvalue weighted by atomic mass is 10.2. The molecular weight excluding hydrogens is 240 g/mol. The Morgan fingerprint density at radius 2 is 2.32 bits per heavy atom. The first kappa shape index (κ1) is 13.3. The third-order valence-electron chi connectivity index (χ3n) is 3.09. The molecule has 1 amide bonds. The highest BCUT2D eigenvalue weighted by Gasteiger charge is 2.15. The molecule has 19 heavy (non-hydrogen) atoms. The second kappa shape index (κ2) is 6.13. The largest absolute Gasteiger partial charge is 0.354 e. The molecule has 2 rings (SSSR count). The van der Waals surface area contributed by atoms with Gasteiger partial charge in [-0.3, -0.25) is 9.78 Å². The fraction of sp³-hybridized carbons (Fsp3) is 0.357. The summed E-state index contributed by atoms with van der Waals surface area (Å²) in [5, 5.41) is 2.93. The highest BCUT2D eigenvalue weighted by molar-refractivity contribution is 5.79. The molecule has 5 heteroatoms. The lowest BCUT2D eigenvalue weighted by Gasteiger charge is -2.15. The molecule has 1 N–H and O–H groups in total. The summed E-state index contributed by atoms with van der Waals surface area (Å²) in [4.78, 5) is 20.2. The molecule has 0 aromatic carbocycles. The van der Waals surface area contributed by atoms with Crippen molar-refractivity contribution in [3.63, 3.8) is 0 Å². The number of rotatable bonds is 5. The van der Waals surface area contributed by atoms with E-state index in [4.69, 9.17) is 0 Å². The number of imidazole rings is 1. The van der Waals surface area contributed by atoms with Gasteiger partial charge in [0.25, 0.3) is 0 Å². The maximum atomic E-state index is 12.0. The fourth-order valence-electron chi connectivity index (χ4n) is 1.95. The molecule has 2 heterocycles. The Bertz CT molecular complexity index is 535. The Morgan fingerprint density at radius 1 is 1.47 bits per heavy atom. The maximum Gasteiger partial charge on any atom is 0.242 e. The van der Waals surface area contributed by atoms with Gasteiger partial charge in [-0.25, -0.2) is 4.98 Å². The van der Waals surface area contributed by atoms with Crippen LogP contribution in [0.4, 0.5) is 0 Å². The first-order valence-corrected chi connectivity index (χ1v) is 6.34. The smallest absolute Gasteiger partial charge is 0.242 e. The summed E-state index contributed by atoms with van der Waals surface area (Å²) in [7, 11) is 0. The molecule has 2 aromatic heterocycles. The highest BCUT2D eigenvalue weighted by Crippen LogP contribution is 2.08. The molecule has 0 bridgehead atoms. The van der Waals surface area contributed by atoms with Crippen LogP contribution in [-0.2, 0) is 11.2 Å². The molecule has 0 spiro atoms. The second-order valence-electron chi connectivity index (χ2n) is 4.46. The molecule has 100 valence electrons. The summed E-state index contributed by atoms with van der Waals surface area (Å²) in [5.41, 5.74) is 1.12. The predicted molar refractivity (Wildman–Crippen MR) is 72.6 cm³/mol. The van der Waals surface area contributed by atoms with Crippen LogP contribution in [0.1, 0.15) is 24.4 Å². The standard InChI is InChI=1S/C14H18N4O/c1-11(18-9-8-16-12(18)2)14(19)17-7-5-13-4-3-6-15-10-13/h3-4,6,8-11H,5,7H2,1-2H3,(H,17,19)/t11-/m0/s1. The monoisotopic (exact) mass is 258 g/mol. The van der Waals surface area contributed by atoms with E-state index in [0.29, 0.717) is 6.54 Å². The SMILES string of the molecule is Cc1nccn1[C@@H](C)C(=O)NCCc1cccnc1. The van der Waals surface area contributed by atoms with Crippen molar-refractivity contribution in [1.82, 2.24) is 19.9 Å². The van der Waals surface area contributed by atoms with Crippen molar-refractivity contribution in [3.8, 4) is 0 Å². The summed E-state index contributed by atoms with van der Waals surface area (Å²) in [6.45, 7) is 4.37. The Kier molecular flexibility index (Phi) is 4.28. The van der Waals surface area contributed by atoms with Crippen LogP contribution in [0.2, 0.25) is 0 Å². The van der Waals surface area contributed by atoms with E-state index in [1.54, 1.807) is 12.4 Å². The normalized spacial score (nSPS) is 12.1. The number of hydrogen-bond acceptors (Lipinski definition) is 3. The van der Waals surface area contributed by atoms with E-state index >= 15 is 0 Å². The van der Waals surface area contributed by atoms with Gasteiger partial charge in [0.1, 0.15) is 11.9 Å². The third kappa shape index (κ3) is 3.40. The average molecular weight is 258 g/mol. The molecule has 5 nitrogen and oxygen atoms in total. The highest BCUT2D eigenvalue weighted by atomic mass is 16.2. The number of hydrogen-bond donors (Lipinski definition) is 1. The summed E-state index contributed by atoms with van der Waals surface area (Å²) < 4.78 is 1.86. The number of carbonyl (C=O) groups excluding carboxylic acids is 1. The van der Waals surface area contributed by atoms with Crippen molar-refractivity contribution >= 4 is 5.91 Å². The van der Waals surface area contributed by atoms with Crippen LogP contribution in [-0.4, -0.2) is 27.0 Å². The summed E-state index contributed by atoms with van der Waals surface area (Å²) >= 11 is 0. The number of aromatic nitrogens is 3. The van der Waals surface area contributed by atoms with Gasteiger partial charge in [-0.1, -0.05) is 6.07 Å². The Balaban J connectivity index is 1.83. The summed E-state index contributed by atoms with van der Waals surface area (Å²) in [6, 6.07) is 3.66. The van der Waals surface area contributed by atoms with E-state index in [2.05, 4.69) is 15.3 Å². The van der Waals surface area contributed by atoms with Crippen LogP contribution >= 0.6 is 0 Å². The van der Waals surface area contributed by atoms with Crippen molar-refractivity contribution in [2.24, 2.45) is 0 Å². The molecule has 0 aliphatic heterocycles. The van der Waals surface area contributed by atoms with Gasteiger partial charge >= 0.3 is 0 Å². The molecule has 0 aliphatic rings. The van der Waals surface area contributed by atoms with Gasteiger partial charge in [0.15, 0.2) is 0 Å². The molecule has 0 saturated heterocycles. The maximum absolute atomic E-state index is 12.0. The van der Waals surface area contributed by atoms with Crippen molar-refractivity contribution < 1.29 is 4.79 Å². The van der Waals surface area contributed by atoms with Crippen LogP contribution in [0.5, 0.6) is 0 Å². The number of nitrogens with one attached hydrogen (secondary N) is 1. The number of carbonyl (C=O) groups is 1. The minimum Gasteiger partial charge on any atom is -0.354 e. The topological polar surface area (TPSA) is 59.8 Å². The second-order valence-corrected chi connectivity index (χ2v) is 4.46. The van der Waals surface area contributed by atoms with E-state index in [9.17, 15) is 4.79 Å². The van der Waals surface area contributed by atoms with Crippen molar-refractivity contribution in [2.75, 3.05) is 6.54 Å². The van der Waals surface area contributed by atoms with Crippen LogP contribution in [0, 0.1) is 6.92 Å². The zero-order valence-corrected chi connectivity index (χ0v) is 11.2. The minimum absolute atomic E-state index is 0.00462. The number of aryl methyl sites for hydroxylation is 1. The molecular formula is C14H18N4O. The van der Waals surface area contributed by atoms with E-state index < -0.39 is 0 Å². The lowest BCUT2D eigenvalue weighted by molar-refractivity contribution is -0.123. The molecule has 0 aliphatic carbocycles. The summed E-state index contributed by atoms with van der Waals surface area (Å²) in [6.07, 6.45) is 7.87. The van der Waals surface area contributed by atoms with Crippen molar-refractivity contribution in [3.05, 3.63) is 48.3 Å². The number of amides is 1. The molecule has 2 aromatic rings. The van der Waals surface area contributed by atoms with Crippen LogP contribution in [0.25, 0.3) is 0 Å². The Hall–Kier alpha value is -2.17.